The predicted molar refractivity (Wildman–Crippen MR) is 165 cm³/mol. The van der Waals surface area contributed by atoms with Gasteiger partial charge in [-0.1, -0.05) is 0 Å². The van der Waals surface area contributed by atoms with Crippen LogP contribution < -0.4 is 40.2 Å². The SMILES string of the molecule is N#N.O=NN1CCS(=O)(=O)CC1.O=N[O-].O=S(=O)(O)CCNCO.O=S(=O)(O)CCO.O=S1(=O)CCNCC1.O=S1(=O)CCOCC1.[Na+]. The van der Waals surface area contributed by atoms with E-state index in [9.17, 15) is 47.0 Å². The molecule has 3 aliphatic heterocycles. The molecule has 0 unspecified atom stereocenters. The summed E-state index contributed by atoms with van der Waals surface area (Å²) < 4.78 is 124. The average molecular weight is 814 g/mol. The minimum atomic E-state index is -3.92. The van der Waals surface area contributed by atoms with E-state index in [0.717, 1.165) is 5.34 Å². The van der Waals surface area contributed by atoms with Gasteiger partial charge in [0, 0.05) is 30.4 Å². The molecule has 0 saturated carbocycles. The van der Waals surface area contributed by atoms with Crippen LogP contribution in [0.2, 0.25) is 0 Å². The number of hydrogen-bond donors (Lipinski definition) is 6. The molecule has 6 N–H and O–H groups in total. The van der Waals surface area contributed by atoms with Crippen molar-refractivity contribution >= 4 is 49.7 Å². The second-order valence-electron chi connectivity index (χ2n) is 8.38. The number of sulfone groups is 3. The number of ether oxygens (including phenoxy) is 1. The molecule has 3 fully saturated rings. The standard InChI is InChI=1S/C4H8N2O3S.C4H9NO2S.C4H8O3S.C3H9NO4S.C2H6O4S.N2.HNO2.Na/c7-5-6-1-3-10(8,9)4-2-6;6-8(7)3-1-5-2-4-8;5-8(6)3-1-7-2-4-8;5-3-4-1-2-9(6,7)8;3-1-2-7(4,5)6;1-2;2-1-3;/h1-4H2;5H,1-4H2;1-4H2;4-5H,1-3H2,(H,6,7,8);3H,1-2H2,(H,4,5,6);;(H,2,3);/q;;;;;;;+1/p-1. The Bertz CT molecular complexity index is 1320. The molecule has 31 heteroatoms. The first kappa shape index (κ1) is 56.1. The van der Waals surface area contributed by atoms with Gasteiger partial charge in [0.25, 0.3) is 20.2 Å². The molecule has 0 aromatic heterocycles. The quantitative estimate of drug-likeness (QED) is 0.0264. The van der Waals surface area contributed by atoms with Crippen molar-refractivity contribution in [2.24, 2.45) is 10.6 Å². The van der Waals surface area contributed by atoms with E-state index in [-0.39, 0.29) is 84.7 Å². The fourth-order valence-electron chi connectivity index (χ4n) is 2.44. The van der Waals surface area contributed by atoms with Crippen molar-refractivity contribution in [3.05, 3.63) is 15.0 Å². The fourth-order valence-corrected chi connectivity index (χ4v) is 6.32. The molecular formula is C17H40N7NaO18S5. The molecule has 0 aromatic carbocycles. The van der Waals surface area contributed by atoms with E-state index in [1.165, 1.54) is 5.01 Å². The van der Waals surface area contributed by atoms with Crippen LogP contribution in [0.1, 0.15) is 0 Å². The zero-order valence-corrected chi connectivity index (χ0v) is 31.9. The number of aliphatic hydroxyl groups is 2. The number of hydrogen-bond acceptors (Lipinski definition) is 22. The molecule has 0 radical (unpaired) electrons. The smallest absolute Gasteiger partial charge is 0.444 e. The Morgan fingerprint density at radius 3 is 1.38 bits per heavy atom. The molecule has 3 aliphatic rings. The number of nitrogens with one attached hydrogen (secondary N) is 2. The molecule has 48 heavy (non-hydrogen) atoms. The molecule has 282 valence electrons. The molecule has 0 aromatic rings. The summed E-state index contributed by atoms with van der Waals surface area (Å²) in [6.45, 7) is 1.75. The molecular weight excluding hydrogens is 774 g/mol. The maximum absolute atomic E-state index is 10.7. The maximum Gasteiger partial charge on any atom is 1.00 e. The van der Waals surface area contributed by atoms with Gasteiger partial charge in [-0.15, -0.1) is 10.2 Å². The Kier molecular flexibility index (Phi) is 37.0. The van der Waals surface area contributed by atoms with E-state index in [0.29, 0.717) is 37.8 Å². The van der Waals surface area contributed by atoms with Crippen LogP contribution in [-0.2, 0) is 54.5 Å². The van der Waals surface area contributed by atoms with Crippen LogP contribution >= 0.6 is 0 Å². The van der Waals surface area contributed by atoms with Crippen LogP contribution in [0.4, 0.5) is 0 Å². The Balaban J connectivity index is -0.000000155. The largest absolute Gasteiger partial charge is 1.00 e. The summed E-state index contributed by atoms with van der Waals surface area (Å²) >= 11 is 0. The van der Waals surface area contributed by atoms with Gasteiger partial charge in [0.2, 0.25) is 0 Å². The fraction of sp³-hybridized carbons (Fsp3) is 1.00. The van der Waals surface area contributed by atoms with E-state index in [2.05, 4.69) is 15.9 Å². The summed E-state index contributed by atoms with van der Waals surface area (Å²) in [5, 5.41) is 46.1. The van der Waals surface area contributed by atoms with Crippen LogP contribution in [0.5, 0.6) is 0 Å². The molecule has 0 spiro atoms. The third-order valence-corrected chi connectivity index (χ3v) is 10.9. The summed E-state index contributed by atoms with van der Waals surface area (Å²) in [6.07, 6.45) is 0. The third kappa shape index (κ3) is 46.8. The predicted octanol–water partition coefficient (Wildman–Crippen LogP) is -7.60. The van der Waals surface area contributed by atoms with Gasteiger partial charge in [0.15, 0.2) is 29.5 Å². The first-order valence-corrected chi connectivity index (χ1v) is 21.2. The van der Waals surface area contributed by atoms with Crippen molar-refractivity contribution in [3.63, 3.8) is 0 Å². The Hall–Kier alpha value is -1.31. The summed E-state index contributed by atoms with van der Waals surface area (Å²) in [4.78, 5) is 17.9. The van der Waals surface area contributed by atoms with Gasteiger partial charge in [-0.05, 0) is 0 Å². The van der Waals surface area contributed by atoms with Crippen molar-refractivity contribution < 1.29 is 95.7 Å². The molecule has 0 aliphatic carbocycles. The number of rotatable bonds is 7. The summed E-state index contributed by atoms with van der Waals surface area (Å²) in [5.41, 5.74) is 0. The van der Waals surface area contributed by atoms with Crippen LogP contribution in [-0.4, -0.2) is 172 Å². The molecule has 3 heterocycles. The molecule has 25 nitrogen and oxygen atoms in total. The zero-order chi connectivity index (χ0) is 37.6. The van der Waals surface area contributed by atoms with Gasteiger partial charge < -0.3 is 30.4 Å². The number of nitroso groups, excluding NO2 is 1. The van der Waals surface area contributed by atoms with E-state index in [1.54, 1.807) is 0 Å². The van der Waals surface area contributed by atoms with Crippen LogP contribution in [0.3, 0.4) is 0 Å². The third-order valence-electron chi connectivity index (χ3n) is 4.69. The monoisotopic (exact) mass is 813 g/mol. The maximum atomic E-state index is 10.7. The van der Waals surface area contributed by atoms with Gasteiger partial charge in [-0.3, -0.25) is 19.4 Å². The Labute approximate surface area is 301 Å². The zero-order valence-electron chi connectivity index (χ0n) is 25.8. The van der Waals surface area contributed by atoms with Gasteiger partial charge in [-0.2, -0.15) is 16.8 Å². The van der Waals surface area contributed by atoms with Gasteiger partial charge in [0.05, 0.1) is 90.9 Å². The topological polar surface area (TPSA) is 418 Å². The van der Waals surface area contributed by atoms with Crippen LogP contribution in [0, 0.1) is 25.8 Å². The second kappa shape index (κ2) is 31.7. The van der Waals surface area contributed by atoms with E-state index in [4.69, 9.17) is 45.0 Å². The molecule has 0 bridgehead atoms. The minimum Gasteiger partial charge on any atom is -0.444 e. The molecule has 0 amide bonds. The molecule has 3 rings (SSSR count). The van der Waals surface area contributed by atoms with Crippen molar-refractivity contribution in [2.45, 2.75) is 0 Å². The minimum absolute atomic E-state index is 0. The normalized spacial score (nSPS) is 18.4. The summed E-state index contributed by atoms with van der Waals surface area (Å²) in [6, 6.07) is 0. The van der Waals surface area contributed by atoms with Gasteiger partial charge in [0.1, 0.15) is 0 Å². The van der Waals surface area contributed by atoms with Crippen molar-refractivity contribution in [1.29, 1.82) is 10.8 Å². The Morgan fingerprint density at radius 1 is 0.771 bits per heavy atom. The molecule has 0 atom stereocenters. The number of nitrogens with zero attached hydrogens (tertiary/aromatic N) is 5. The Morgan fingerprint density at radius 2 is 1.15 bits per heavy atom. The van der Waals surface area contributed by atoms with E-state index >= 15 is 0 Å². The van der Waals surface area contributed by atoms with Crippen molar-refractivity contribution in [2.75, 3.05) is 105 Å². The average Bonchev–Trinajstić information content (AvgIpc) is 2.95. The van der Waals surface area contributed by atoms with E-state index in [1.807, 2.05) is 0 Å². The van der Waals surface area contributed by atoms with Crippen LogP contribution in [0.15, 0.2) is 10.6 Å². The summed E-state index contributed by atoms with van der Waals surface area (Å²) in [5.74, 6) is 0.193. The second-order valence-corrected chi connectivity index (χ2v) is 18.4. The first-order chi connectivity index (χ1) is 21.6. The van der Waals surface area contributed by atoms with Gasteiger partial charge >= 0.3 is 29.6 Å². The first-order valence-electron chi connectivity index (χ1n) is 12.5. The number of aliphatic hydroxyl groups excluding tert-OH is 2. The van der Waals surface area contributed by atoms with E-state index < -0.39 is 62.1 Å². The van der Waals surface area contributed by atoms with Crippen molar-refractivity contribution in [1.82, 2.24) is 15.6 Å². The molecule has 3 saturated heterocycles. The summed E-state index contributed by atoms with van der Waals surface area (Å²) in [7, 11) is -16.0. The van der Waals surface area contributed by atoms with Crippen molar-refractivity contribution in [3.8, 4) is 0 Å². The van der Waals surface area contributed by atoms with Gasteiger partial charge in [-0.25, -0.2) is 25.3 Å². The van der Waals surface area contributed by atoms with Crippen LogP contribution in [0.25, 0.3) is 0 Å².